The molecule has 2 aromatic carbocycles. The maximum atomic E-state index is 12.4. The molecule has 2 aromatic heterocycles. The van der Waals surface area contributed by atoms with E-state index in [1.807, 2.05) is 18.2 Å². The number of rotatable bonds is 6. The molecule has 0 aliphatic heterocycles. The van der Waals surface area contributed by atoms with E-state index in [-0.39, 0.29) is 23.7 Å². The lowest BCUT2D eigenvalue weighted by Crippen LogP contribution is -2.23. The van der Waals surface area contributed by atoms with Gasteiger partial charge in [-0.25, -0.2) is 15.0 Å². The number of carbonyl (C=O) groups excluding carboxylic acids is 1. The Morgan fingerprint density at radius 2 is 2.00 bits per heavy atom. The van der Waals surface area contributed by atoms with Crippen molar-refractivity contribution in [1.29, 1.82) is 0 Å². The third-order valence-electron chi connectivity index (χ3n) is 4.19. The highest BCUT2D eigenvalue weighted by Crippen LogP contribution is 2.26. The molecule has 0 unspecified atom stereocenters. The molecule has 0 atom stereocenters. The fourth-order valence-corrected chi connectivity index (χ4v) is 2.81. The van der Waals surface area contributed by atoms with Gasteiger partial charge in [-0.3, -0.25) is 14.9 Å². The average Bonchev–Trinajstić information content (AvgIpc) is 3.32. The first-order chi connectivity index (χ1) is 14.5. The van der Waals surface area contributed by atoms with E-state index in [1.54, 1.807) is 10.6 Å². The van der Waals surface area contributed by atoms with Crippen LogP contribution >= 0.6 is 0 Å². The van der Waals surface area contributed by atoms with Crippen LogP contribution in [0.4, 0.5) is 11.5 Å². The van der Waals surface area contributed by atoms with Crippen LogP contribution in [0.5, 0.6) is 0 Å². The van der Waals surface area contributed by atoms with Crippen molar-refractivity contribution in [3.63, 3.8) is 0 Å². The molecule has 0 aliphatic carbocycles. The van der Waals surface area contributed by atoms with Crippen molar-refractivity contribution >= 4 is 34.7 Å². The molecule has 3 N–H and O–H groups in total. The number of hydrogen-bond donors (Lipinski definition) is 2. The molecule has 0 radical (unpaired) electrons. The van der Waals surface area contributed by atoms with Gasteiger partial charge in [0.2, 0.25) is 0 Å². The number of carbonyl (C=O) groups is 1. The van der Waals surface area contributed by atoms with Crippen molar-refractivity contribution in [3.8, 4) is 11.5 Å². The van der Waals surface area contributed by atoms with Gasteiger partial charge in [0.15, 0.2) is 17.3 Å². The van der Waals surface area contributed by atoms with Crippen LogP contribution in [0, 0.1) is 10.1 Å². The van der Waals surface area contributed by atoms with Crippen molar-refractivity contribution < 1.29 is 14.3 Å². The Morgan fingerprint density at radius 1 is 1.23 bits per heavy atom. The smallest absolute Gasteiger partial charge is 0.269 e. The standard InChI is InChI=1S/C18H14N8O4/c19-17-16(23-30-24-17)18-21-13-3-1-2-4-14(13)25(18)10-15(27)22-20-9-11-5-7-12(8-6-11)26(28)29/h1-9H,10H2,(H2,19,24)(H,22,27)/b20-9+. The number of nitro groups is 1. The van der Waals surface area contributed by atoms with Crippen molar-refractivity contribution in [2.24, 2.45) is 5.10 Å². The van der Waals surface area contributed by atoms with Gasteiger partial charge >= 0.3 is 0 Å². The van der Waals surface area contributed by atoms with Crippen LogP contribution in [0.3, 0.4) is 0 Å². The fourth-order valence-electron chi connectivity index (χ4n) is 2.81. The van der Waals surface area contributed by atoms with Crippen LogP contribution in [0.2, 0.25) is 0 Å². The van der Waals surface area contributed by atoms with Crippen LogP contribution in [0.1, 0.15) is 5.56 Å². The number of anilines is 1. The lowest BCUT2D eigenvalue weighted by atomic mass is 10.2. The maximum Gasteiger partial charge on any atom is 0.269 e. The van der Waals surface area contributed by atoms with Gasteiger partial charge in [0.05, 0.1) is 22.2 Å². The zero-order valence-electron chi connectivity index (χ0n) is 15.3. The van der Waals surface area contributed by atoms with E-state index in [9.17, 15) is 14.9 Å². The number of nitrogens with zero attached hydrogens (tertiary/aromatic N) is 6. The molecule has 12 nitrogen and oxygen atoms in total. The molecule has 2 heterocycles. The van der Waals surface area contributed by atoms with E-state index in [4.69, 9.17) is 5.73 Å². The lowest BCUT2D eigenvalue weighted by molar-refractivity contribution is -0.384. The number of nitrogens with two attached hydrogens (primary N) is 1. The second-order valence-corrected chi connectivity index (χ2v) is 6.15. The first kappa shape index (κ1) is 18.7. The SMILES string of the molecule is Nc1nonc1-c1nc2ccccc2n1CC(=O)N/N=C/c1ccc([N+](=O)[O-])cc1. The molecule has 4 rings (SSSR count). The second kappa shape index (κ2) is 7.79. The number of benzene rings is 2. The predicted molar refractivity (Wildman–Crippen MR) is 106 cm³/mol. The zero-order valence-corrected chi connectivity index (χ0v) is 15.3. The quantitative estimate of drug-likeness (QED) is 0.277. The molecule has 150 valence electrons. The first-order valence-electron chi connectivity index (χ1n) is 8.63. The van der Waals surface area contributed by atoms with Gasteiger partial charge in [0, 0.05) is 12.1 Å². The normalized spacial score (nSPS) is 11.2. The largest absolute Gasteiger partial charge is 0.379 e. The Kier molecular flexibility index (Phi) is 4.87. The molecule has 0 spiro atoms. The van der Waals surface area contributed by atoms with E-state index in [1.165, 1.54) is 30.5 Å². The molecule has 0 saturated heterocycles. The summed E-state index contributed by atoms with van der Waals surface area (Å²) in [6.07, 6.45) is 1.38. The minimum Gasteiger partial charge on any atom is -0.379 e. The Labute approximate surface area is 168 Å². The number of hydrazone groups is 1. The number of amides is 1. The van der Waals surface area contributed by atoms with Crippen molar-refractivity contribution in [2.75, 3.05) is 5.73 Å². The van der Waals surface area contributed by atoms with Crippen LogP contribution < -0.4 is 11.2 Å². The Morgan fingerprint density at radius 3 is 2.70 bits per heavy atom. The number of para-hydroxylation sites is 2. The molecule has 1 amide bonds. The van der Waals surface area contributed by atoms with E-state index >= 15 is 0 Å². The third-order valence-corrected chi connectivity index (χ3v) is 4.19. The van der Waals surface area contributed by atoms with Gasteiger partial charge in [-0.1, -0.05) is 12.1 Å². The maximum absolute atomic E-state index is 12.4. The molecular weight excluding hydrogens is 392 g/mol. The number of nitrogens with one attached hydrogen (secondary N) is 1. The number of nitrogen functional groups attached to an aromatic ring is 1. The molecule has 0 aliphatic rings. The summed E-state index contributed by atoms with van der Waals surface area (Å²) in [5, 5.41) is 21.9. The molecule has 0 saturated carbocycles. The van der Waals surface area contributed by atoms with E-state index in [2.05, 4.69) is 30.5 Å². The van der Waals surface area contributed by atoms with Gasteiger partial charge in [0.25, 0.3) is 11.6 Å². The van der Waals surface area contributed by atoms with Crippen molar-refractivity contribution in [3.05, 3.63) is 64.2 Å². The first-order valence-corrected chi connectivity index (χ1v) is 8.63. The Balaban J connectivity index is 1.53. The predicted octanol–water partition coefficient (Wildman–Crippen LogP) is 1.73. The van der Waals surface area contributed by atoms with Gasteiger partial charge in [0.1, 0.15) is 6.54 Å². The number of nitro benzene ring substituents is 1. The van der Waals surface area contributed by atoms with Crippen LogP contribution in [-0.2, 0) is 11.3 Å². The van der Waals surface area contributed by atoms with Crippen LogP contribution in [0.25, 0.3) is 22.6 Å². The number of hydrogen-bond acceptors (Lipinski definition) is 9. The summed E-state index contributed by atoms with van der Waals surface area (Å²) in [6.45, 7) is -0.111. The van der Waals surface area contributed by atoms with Gasteiger partial charge in [-0.15, -0.1) is 0 Å². The number of imidazole rings is 1. The number of fused-ring (bicyclic) bond motifs is 1. The minimum absolute atomic E-state index is 0.0303. The lowest BCUT2D eigenvalue weighted by Gasteiger charge is -2.06. The summed E-state index contributed by atoms with van der Waals surface area (Å²) in [6, 6.07) is 13.0. The zero-order chi connectivity index (χ0) is 21.1. The Bertz CT molecular complexity index is 1260. The Hall–Kier alpha value is -4.61. The molecule has 30 heavy (non-hydrogen) atoms. The second-order valence-electron chi connectivity index (χ2n) is 6.15. The summed E-state index contributed by atoms with van der Waals surface area (Å²) in [4.78, 5) is 27.1. The van der Waals surface area contributed by atoms with E-state index in [0.29, 0.717) is 22.4 Å². The fraction of sp³-hybridized carbons (Fsp3) is 0.0556. The molecular formula is C18H14N8O4. The summed E-state index contributed by atoms with van der Waals surface area (Å²) in [5.74, 6) is -0.0276. The van der Waals surface area contributed by atoms with E-state index < -0.39 is 10.8 Å². The monoisotopic (exact) mass is 406 g/mol. The third kappa shape index (κ3) is 3.69. The van der Waals surface area contributed by atoms with E-state index in [0.717, 1.165) is 0 Å². The molecule has 0 fully saturated rings. The van der Waals surface area contributed by atoms with Crippen LogP contribution in [-0.4, -0.2) is 36.9 Å². The molecule has 4 aromatic rings. The molecule has 12 heteroatoms. The van der Waals surface area contributed by atoms with Crippen molar-refractivity contribution in [1.82, 2.24) is 25.3 Å². The van der Waals surface area contributed by atoms with Gasteiger partial charge < -0.3 is 10.3 Å². The summed E-state index contributed by atoms with van der Waals surface area (Å²) >= 11 is 0. The average molecular weight is 406 g/mol. The number of aromatic nitrogens is 4. The summed E-state index contributed by atoms with van der Waals surface area (Å²) in [7, 11) is 0. The summed E-state index contributed by atoms with van der Waals surface area (Å²) < 4.78 is 6.28. The highest BCUT2D eigenvalue weighted by atomic mass is 16.6. The van der Waals surface area contributed by atoms with Crippen LogP contribution in [0.15, 0.2) is 58.3 Å². The minimum atomic E-state index is -0.493. The summed E-state index contributed by atoms with van der Waals surface area (Å²) in [5.41, 5.74) is 10.3. The number of non-ortho nitro benzene ring substituents is 1. The highest BCUT2D eigenvalue weighted by molar-refractivity contribution is 5.86. The van der Waals surface area contributed by atoms with Gasteiger partial charge in [-0.2, -0.15) is 5.10 Å². The molecule has 0 bridgehead atoms. The highest BCUT2D eigenvalue weighted by Gasteiger charge is 2.20. The van der Waals surface area contributed by atoms with Gasteiger partial charge in [-0.05, 0) is 40.1 Å². The van der Waals surface area contributed by atoms with Crippen molar-refractivity contribution in [2.45, 2.75) is 6.54 Å². The topological polar surface area (TPSA) is 167 Å².